The molecule has 3 heterocycles. The van der Waals surface area contributed by atoms with Gasteiger partial charge in [0.25, 0.3) is 0 Å². The van der Waals surface area contributed by atoms with E-state index in [1.807, 2.05) is 0 Å². The summed E-state index contributed by atoms with van der Waals surface area (Å²) in [7, 11) is 0. The molecule has 7 rings (SSSR count). The summed E-state index contributed by atoms with van der Waals surface area (Å²) in [5.74, 6) is 5.88. The third-order valence-corrected chi connectivity index (χ3v) is 13.6. The van der Waals surface area contributed by atoms with Gasteiger partial charge in [0.15, 0.2) is 0 Å². The van der Waals surface area contributed by atoms with Crippen molar-refractivity contribution < 1.29 is 28.4 Å². The quantitative estimate of drug-likeness (QED) is 0.208. The van der Waals surface area contributed by atoms with Crippen LogP contribution >= 0.6 is 0 Å². The second kappa shape index (κ2) is 13.9. The minimum Gasteiger partial charge on any atom is -0.375 e. The molecular formula is C37H62O6. The van der Waals surface area contributed by atoms with E-state index in [0.29, 0.717) is 42.0 Å². The van der Waals surface area contributed by atoms with E-state index in [4.69, 9.17) is 28.4 Å². The molecule has 0 aromatic carbocycles. The second-order valence-electron chi connectivity index (χ2n) is 16.6. The predicted octanol–water partition coefficient (Wildman–Crippen LogP) is 7.21. The van der Waals surface area contributed by atoms with Crippen LogP contribution in [0.4, 0.5) is 0 Å². The first-order chi connectivity index (χ1) is 20.9. The normalized spacial score (nSPS) is 46.8. The first-order valence-corrected chi connectivity index (χ1v) is 18.6. The molecule has 0 aromatic heterocycles. The average Bonchev–Trinajstić information content (AvgIpc) is 3.87. The SMILES string of the molecule is CC1CCC(C(C)(C)C2CCC(OCC3CO3)CC2)CC1C1CC(OCC2CO2)CCC1C1CCC(OCC2CO2)CC1. The third-order valence-electron chi connectivity index (χ3n) is 13.6. The highest BCUT2D eigenvalue weighted by Gasteiger charge is 2.48. The van der Waals surface area contributed by atoms with Crippen molar-refractivity contribution in [2.24, 2.45) is 46.8 Å². The fraction of sp³-hybridized carbons (Fsp3) is 1.00. The topological polar surface area (TPSA) is 65.3 Å². The molecule has 0 amide bonds. The van der Waals surface area contributed by atoms with E-state index in [9.17, 15) is 0 Å². The Labute approximate surface area is 262 Å². The predicted molar refractivity (Wildman–Crippen MR) is 167 cm³/mol. The van der Waals surface area contributed by atoms with Gasteiger partial charge in [-0.2, -0.15) is 0 Å². The Bertz CT molecular complexity index is 866. The van der Waals surface area contributed by atoms with Crippen LogP contribution in [0, 0.1) is 46.8 Å². The summed E-state index contributed by atoms with van der Waals surface area (Å²) < 4.78 is 35.3. The van der Waals surface area contributed by atoms with Crippen LogP contribution in [0.15, 0.2) is 0 Å². The maximum absolute atomic E-state index is 6.54. The molecule has 246 valence electrons. The number of hydrogen-bond donors (Lipinski definition) is 0. The molecule has 0 aromatic rings. The van der Waals surface area contributed by atoms with Crippen molar-refractivity contribution in [2.45, 2.75) is 147 Å². The van der Waals surface area contributed by atoms with Crippen LogP contribution in [0.3, 0.4) is 0 Å². The summed E-state index contributed by atoms with van der Waals surface area (Å²) in [6.07, 6.45) is 21.0. The summed E-state index contributed by atoms with van der Waals surface area (Å²) in [4.78, 5) is 0. The zero-order valence-electron chi connectivity index (χ0n) is 27.6. The molecule has 3 aliphatic heterocycles. The van der Waals surface area contributed by atoms with Crippen LogP contribution in [-0.4, -0.2) is 76.3 Å². The Morgan fingerprint density at radius 3 is 1.56 bits per heavy atom. The molecule has 9 unspecified atom stereocenters. The van der Waals surface area contributed by atoms with Gasteiger partial charge in [-0.05, 0) is 130 Å². The molecule has 3 saturated heterocycles. The van der Waals surface area contributed by atoms with Gasteiger partial charge in [0.2, 0.25) is 0 Å². The Balaban J connectivity index is 0.984. The zero-order chi connectivity index (χ0) is 29.4. The first-order valence-electron chi connectivity index (χ1n) is 18.6. The average molecular weight is 603 g/mol. The summed E-state index contributed by atoms with van der Waals surface area (Å²) in [6.45, 7) is 13.0. The molecule has 7 fully saturated rings. The van der Waals surface area contributed by atoms with E-state index in [1.165, 1.54) is 89.9 Å². The van der Waals surface area contributed by atoms with Crippen molar-refractivity contribution in [3.8, 4) is 0 Å². The Morgan fingerprint density at radius 1 is 0.512 bits per heavy atom. The van der Waals surface area contributed by atoms with Crippen molar-refractivity contribution >= 4 is 0 Å². The smallest absolute Gasteiger partial charge is 0.104 e. The lowest BCUT2D eigenvalue weighted by atomic mass is 9.53. The number of hydrogen-bond acceptors (Lipinski definition) is 6. The first kappa shape index (κ1) is 31.4. The molecule has 43 heavy (non-hydrogen) atoms. The minimum atomic E-state index is 0.369. The lowest BCUT2D eigenvalue weighted by molar-refractivity contribution is -0.0744. The number of rotatable bonds is 13. The molecule has 0 bridgehead atoms. The van der Waals surface area contributed by atoms with E-state index in [0.717, 1.165) is 81.1 Å². The summed E-state index contributed by atoms with van der Waals surface area (Å²) in [5, 5.41) is 0. The Kier molecular flexibility index (Phi) is 10.1. The van der Waals surface area contributed by atoms with Gasteiger partial charge in [-0.15, -0.1) is 0 Å². The van der Waals surface area contributed by atoms with Gasteiger partial charge in [-0.25, -0.2) is 0 Å². The standard InChI is InChI=1S/C37H62O6/c1-24-4-7-27(37(2,3)26-8-12-29(13-9-26)39-19-32-22-42-32)16-35(24)36-17-30(40-20-33-23-43-33)14-15-34(36)25-5-10-28(11-6-25)38-18-31-21-41-31/h24-36H,4-23H2,1-3H3. The van der Waals surface area contributed by atoms with Crippen LogP contribution in [0.5, 0.6) is 0 Å². The fourth-order valence-electron chi connectivity index (χ4n) is 10.3. The number of epoxide rings is 3. The van der Waals surface area contributed by atoms with E-state index >= 15 is 0 Å². The number of ether oxygens (including phenoxy) is 6. The summed E-state index contributed by atoms with van der Waals surface area (Å²) >= 11 is 0. The zero-order valence-corrected chi connectivity index (χ0v) is 27.6. The lowest BCUT2D eigenvalue weighted by Crippen LogP contribution is -2.45. The van der Waals surface area contributed by atoms with Crippen LogP contribution in [-0.2, 0) is 28.4 Å². The molecule has 9 atom stereocenters. The highest BCUT2D eigenvalue weighted by molar-refractivity contribution is 4.98. The van der Waals surface area contributed by atoms with E-state index in [-0.39, 0.29) is 0 Å². The van der Waals surface area contributed by atoms with Gasteiger partial charge in [-0.1, -0.05) is 27.2 Å². The molecule has 6 heteroatoms. The monoisotopic (exact) mass is 602 g/mol. The van der Waals surface area contributed by atoms with Gasteiger partial charge in [0.1, 0.15) is 18.3 Å². The van der Waals surface area contributed by atoms with Gasteiger partial charge in [-0.3, -0.25) is 0 Å². The fourth-order valence-corrected chi connectivity index (χ4v) is 10.3. The Hall–Kier alpha value is -0.240. The van der Waals surface area contributed by atoms with Crippen molar-refractivity contribution in [1.29, 1.82) is 0 Å². The van der Waals surface area contributed by atoms with Crippen molar-refractivity contribution in [2.75, 3.05) is 39.6 Å². The van der Waals surface area contributed by atoms with Gasteiger partial charge < -0.3 is 28.4 Å². The molecule has 6 nitrogen and oxygen atoms in total. The van der Waals surface area contributed by atoms with Gasteiger partial charge in [0.05, 0.1) is 58.0 Å². The van der Waals surface area contributed by atoms with Crippen LogP contribution in [0.1, 0.15) is 111 Å². The van der Waals surface area contributed by atoms with Crippen molar-refractivity contribution in [3.05, 3.63) is 0 Å². The highest BCUT2D eigenvalue weighted by atomic mass is 16.6. The molecule has 0 radical (unpaired) electrons. The van der Waals surface area contributed by atoms with Crippen molar-refractivity contribution in [3.63, 3.8) is 0 Å². The van der Waals surface area contributed by atoms with E-state index in [2.05, 4.69) is 20.8 Å². The minimum absolute atomic E-state index is 0.369. The summed E-state index contributed by atoms with van der Waals surface area (Å²) in [5.41, 5.74) is 0.410. The van der Waals surface area contributed by atoms with Crippen LogP contribution < -0.4 is 0 Å². The molecule has 4 aliphatic carbocycles. The molecule has 4 saturated carbocycles. The van der Waals surface area contributed by atoms with Gasteiger partial charge in [0, 0.05) is 0 Å². The molecule has 0 N–H and O–H groups in total. The van der Waals surface area contributed by atoms with E-state index in [1.54, 1.807) is 0 Å². The maximum Gasteiger partial charge on any atom is 0.104 e. The molecular weight excluding hydrogens is 540 g/mol. The Morgan fingerprint density at radius 2 is 1.00 bits per heavy atom. The van der Waals surface area contributed by atoms with E-state index < -0.39 is 0 Å². The molecule has 0 spiro atoms. The maximum atomic E-state index is 6.54. The van der Waals surface area contributed by atoms with Crippen LogP contribution in [0.25, 0.3) is 0 Å². The summed E-state index contributed by atoms with van der Waals surface area (Å²) in [6, 6.07) is 0. The van der Waals surface area contributed by atoms with Gasteiger partial charge >= 0.3 is 0 Å². The largest absolute Gasteiger partial charge is 0.375 e. The second-order valence-corrected chi connectivity index (χ2v) is 16.6. The third kappa shape index (κ3) is 8.19. The lowest BCUT2D eigenvalue weighted by Gasteiger charge is -2.53. The highest BCUT2D eigenvalue weighted by Crippen LogP contribution is 2.55. The molecule has 7 aliphatic rings. The van der Waals surface area contributed by atoms with Crippen LogP contribution in [0.2, 0.25) is 0 Å². The van der Waals surface area contributed by atoms with Crippen molar-refractivity contribution in [1.82, 2.24) is 0 Å².